The van der Waals surface area contributed by atoms with Crippen LogP contribution in [0.15, 0.2) is 48.5 Å². The molecule has 0 saturated heterocycles. The molecule has 2 N–H and O–H groups in total. The van der Waals surface area contributed by atoms with E-state index < -0.39 is 29.3 Å². The Morgan fingerprint density at radius 2 is 1.70 bits per heavy atom. The first-order valence-corrected chi connectivity index (χ1v) is 9.97. The van der Waals surface area contributed by atoms with Crippen molar-refractivity contribution in [2.45, 2.75) is 26.4 Å². The maximum Gasteiger partial charge on any atom is 0.416 e. The Hall–Kier alpha value is -3.66. The van der Waals surface area contributed by atoms with Crippen LogP contribution in [-0.4, -0.2) is 27.4 Å². The second-order valence-corrected chi connectivity index (χ2v) is 7.58. The van der Waals surface area contributed by atoms with Crippen molar-refractivity contribution in [3.05, 3.63) is 81.6 Å². The van der Waals surface area contributed by atoms with Gasteiger partial charge in [0.05, 0.1) is 34.6 Å². The van der Waals surface area contributed by atoms with E-state index >= 15 is 0 Å². The molecule has 11 heteroatoms. The minimum atomic E-state index is -4.55. The topological polar surface area (TPSA) is 93.1 Å². The number of alkyl halides is 3. The lowest BCUT2D eigenvalue weighted by Gasteiger charge is -2.10. The van der Waals surface area contributed by atoms with E-state index in [1.54, 1.807) is 24.3 Å². The molecular formula is C22H18ClF3N4O3. The number of hydrogen-bond donors (Lipinski definition) is 2. The molecule has 0 fully saturated rings. The number of ketones is 1. The van der Waals surface area contributed by atoms with Gasteiger partial charge in [0.15, 0.2) is 0 Å². The number of Topliss-reactive ketones (excluding diaryl/α,β-unsaturated/α-hetero) is 1. The number of aryl methyl sites for hydroxylation is 1. The minimum absolute atomic E-state index is 0.0584. The number of hydrazine groups is 1. The van der Waals surface area contributed by atoms with Crippen molar-refractivity contribution in [3.63, 3.8) is 0 Å². The molecule has 0 bridgehead atoms. The normalized spacial score (nSPS) is 11.2. The van der Waals surface area contributed by atoms with E-state index in [0.29, 0.717) is 10.6 Å². The molecule has 2 aromatic carbocycles. The van der Waals surface area contributed by atoms with Crippen molar-refractivity contribution in [2.75, 3.05) is 0 Å². The van der Waals surface area contributed by atoms with Gasteiger partial charge in [0.25, 0.3) is 5.78 Å². The highest BCUT2D eigenvalue weighted by Gasteiger charge is 2.31. The number of aromatic nitrogens is 2. The highest BCUT2D eigenvalue weighted by molar-refractivity contribution is 6.43. The predicted molar refractivity (Wildman–Crippen MR) is 114 cm³/mol. The predicted octanol–water partition coefficient (Wildman–Crippen LogP) is 3.73. The number of nitrogens with one attached hydrogen (secondary N) is 2. The van der Waals surface area contributed by atoms with Crippen molar-refractivity contribution in [1.29, 1.82) is 0 Å². The summed E-state index contributed by atoms with van der Waals surface area (Å²) in [4.78, 5) is 37.0. The summed E-state index contributed by atoms with van der Waals surface area (Å²) >= 11 is 5.79. The molecule has 0 spiro atoms. The number of carbonyl (C=O) groups is 3. The van der Waals surface area contributed by atoms with Gasteiger partial charge < -0.3 is 0 Å². The molecule has 7 nitrogen and oxygen atoms in total. The average molecular weight is 479 g/mol. The van der Waals surface area contributed by atoms with Gasteiger partial charge in [-0.3, -0.25) is 25.2 Å². The van der Waals surface area contributed by atoms with Gasteiger partial charge in [-0.2, -0.15) is 18.3 Å². The molecule has 0 aliphatic heterocycles. The Labute approximate surface area is 191 Å². The van der Waals surface area contributed by atoms with Crippen LogP contribution < -0.4 is 10.9 Å². The van der Waals surface area contributed by atoms with Gasteiger partial charge in [-0.05, 0) is 49.7 Å². The minimum Gasteiger partial charge on any atom is -0.283 e. The zero-order chi connectivity index (χ0) is 24.3. The van der Waals surface area contributed by atoms with E-state index in [4.69, 9.17) is 11.6 Å². The molecule has 3 aromatic rings. The summed E-state index contributed by atoms with van der Waals surface area (Å²) in [6, 6.07) is 10.9. The zero-order valence-electron chi connectivity index (χ0n) is 17.5. The first-order chi connectivity index (χ1) is 15.5. The van der Waals surface area contributed by atoms with Gasteiger partial charge in [0, 0.05) is 5.02 Å². The van der Waals surface area contributed by atoms with E-state index in [9.17, 15) is 27.6 Å². The summed E-state index contributed by atoms with van der Waals surface area (Å²) in [7, 11) is 0. The van der Waals surface area contributed by atoms with Crippen molar-refractivity contribution in [2.24, 2.45) is 0 Å². The van der Waals surface area contributed by atoms with Crippen molar-refractivity contribution < 1.29 is 27.6 Å². The fraction of sp³-hybridized carbons (Fsp3) is 0.182. The summed E-state index contributed by atoms with van der Waals surface area (Å²) in [6.07, 6.45) is -4.61. The Morgan fingerprint density at radius 3 is 2.33 bits per heavy atom. The molecule has 3 rings (SSSR count). The molecule has 0 unspecified atom stereocenters. The van der Waals surface area contributed by atoms with Crippen LogP contribution in [0.3, 0.4) is 0 Å². The molecule has 0 saturated carbocycles. The summed E-state index contributed by atoms with van der Waals surface area (Å²) in [5, 5.41) is 4.62. The molecule has 1 heterocycles. The number of carbonyl (C=O) groups excluding carboxylic acids is 3. The number of benzene rings is 2. The maximum atomic E-state index is 13.0. The van der Waals surface area contributed by atoms with E-state index in [-0.39, 0.29) is 29.1 Å². The van der Waals surface area contributed by atoms with Crippen LogP contribution >= 0.6 is 11.6 Å². The van der Waals surface area contributed by atoms with Gasteiger partial charge in [0.2, 0.25) is 5.91 Å². The summed E-state index contributed by atoms with van der Waals surface area (Å²) < 4.78 is 40.2. The largest absolute Gasteiger partial charge is 0.416 e. The zero-order valence-corrected chi connectivity index (χ0v) is 18.2. The Morgan fingerprint density at radius 1 is 1.03 bits per heavy atom. The molecule has 172 valence electrons. The van der Waals surface area contributed by atoms with Crippen LogP contribution in [0, 0.1) is 13.8 Å². The van der Waals surface area contributed by atoms with Crippen LogP contribution in [0.1, 0.15) is 32.9 Å². The van der Waals surface area contributed by atoms with Crippen LogP contribution in [0.5, 0.6) is 0 Å². The van der Waals surface area contributed by atoms with Crippen molar-refractivity contribution in [3.8, 4) is 5.69 Å². The quantitative estimate of drug-likeness (QED) is 0.332. The number of hydrogen-bond acceptors (Lipinski definition) is 4. The lowest BCUT2D eigenvalue weighted by atomic mass is 10.1. The molecule has 0 aliphatic carbocycles. The van der Waals surface area contributed by atoms with E-state index in [0.717, 1.165) is 16.8 Å². The van der Waals surface area contributed by atoms with E-state index in [2.05, 4.69) is 10.5 Å². The fourth-order valence-corrected chi connectivity index (χ4v) is 3.29. The molecule has 2 amide bonds. The monoisotopic (exact) mass is 478 g/mol. The third-order valence-electron chi connectivity index (χ3n) is 4.74. The maximum absolute atomic E-state index is 13.0. The molecule has 0 radical (unpaired) electrons. The third kappa shape index (κ3) is 5.58. The van der Waals surface area contributed by atoms with Gasteiger partial charge >= 0.3 is 12.1 Å². The van der Waals surface area contributed by atoms with Crippen LogP contribution in [-0.2, 0) is 22.2 Å². The smallest absolute Gasteiger partial charge is 0.283 e. The van der Waals surface area contributed by atoms with Crippen LogP contribution in [0.25, 0.3) is 5.69 Å². The van der Waals surface area contributed by atoms with Crippen LogP contribution in [0.4, 0.5) is 13.2 Å². The average Bonchev–Trinajstić information content (AvgIpc) is 3.06. The first-order valence-electron chi connectivity index (χ1n) is 9.59. The van der Waals surface area contributed by atoms with Gasteiger partial charge in [0.1, 0.15) is 0 Å². The number of rotatable bonds is 5. The Balaban J connectivity index is 1.72. The third-order valence-corrected chi connectivity index (χ3v) is 4.99. The first kappa shape index (κ1) is 24.0. The summed E-state index contributed by atoms with van der Waals surface area (Å²) in [5.41, 5.74) is 4.31. The highest BCUT2D eigenvalue weighted by atomic mass is 35.5. The fourth-order valence-electron chi connectivity index (χ4n) is 3.17. The highest BCUT2D eigenvalue weighted by Crippen LogP contribution is 2.31. The number of amides is 2. The van der Waals surface area contributed by atoms with Gasteiger partial charge in [-0.1, -0.05) is 29.8 Å². The molecule has 0 atom stereocenters. The molecule has 0 aliphatic rings. The standard InChI is InChI=1S/C22H18ClF3N4O3/c1-12-19(13(2)30(29-12)17-5-3-4-15(11-17)22(24,25)26)20(32)21(33)28-27-18(31)10-14-6-8-16(23)9-7-14/h3-9,11H,10H2,1-2H3,(H,27,31)(H,28,33). The van der Waals surface area contributed by atoms with Gasteiger partial charge in [-0.25, -0.2) is 4.68 Å². The van der Waals surface area contributed by atoms with Crippen molar-refractivity contribution >= 4 is 29.2 Å². The Bertz CT molecular complexity index is 1220. The number of nitrogens with zero attached hydrogens (tertiary/aromatic N) is 2. The molecular weight excluding hydrogens is 461 g/mol. The molecule has 33 heavy (non-hydrogen) atoms. The van der Waals surface area contributed by atoms with E-state index in [1.807, 2.05) is 5.43 Å². The molecule has 1 aromatic heterocycles. The Kier molecular flexibility index (Phi) is 6.87. The second kappa shape index (κ2) is 9.45. The van der Waals surface area contributed by atoms with Crippen LogP contribution in [0.2, 0.25) is 5.02 Å². The summed E-state index contributed by atoms with van der Waals surface area (Å²) in [6.45, 7) is 2.91. The lowest BCUT2D eigenvalue weighted by Crippen LogP contribution is -2.45. The summed E-state index contributed by atoms with van der Waals surface area (Å²) in [5.74, 6) is -2.67. The van der Waals surface area contributed by atoms with Crippen molar-refractivity contribution in [1.82, 2.24) is 20.6 Å². The SMILES string of the molecule is Cc1nn(-c2cccc(C(F)(F)F)c2)c(C)c1C(=O)C(=O)NNC(=O)Cc1ccc(Cl)cc1. The lowest BCUT2D eigenvalue weighted by molar-refractivity contribution is -0.137. The number of halogens is 4. The van der Waals surface area contributed by atoms with Gasteiger partial charge in [-0.15, -0.1) is 0 Å². The van der Waals surface area contributed by atoms with E-state index in [1.165, 1.54) is 26.0 Å². The second-order valence-electron chi connectivity index (χ2n) is 7.14.